The molecule has 1 heterocycles. The molecule has 2 rings (SSSR count). The fourth-order valence-corrected chi connectivity index (χ4v) is 1.84. The minimum Gasteiger partial charge on any atom is -0.508 e. The smallest absolute Gasteiger partial charge is 0.152 e. The van der Waals surface area contributed by atoms with E-state index < -0.39 is 0 Å². The van der Waals surface area contributed by atoms with Crippen LogP contribution in [0.4, 0.5) is 0 Å². The Labute approximate surface area is 96.9 Å². The number of thioether (sulfide) groups is 1. The van der Waals surface area contributed by atoms with E-state index >= 15 is 0 Å². The summed E-state index contributed by atoms with van der Waals surface area (Å²) in [5.74, 6) is 0.281. The first-order chi connectivity index (χ1) is 7.13. The Balaban J connectivity index is 2.19. The number of aromatic hydroxyl groups is 2. The summed E-state index contributed by atoms with van der Waals surface area (Å²) in [6.07, 6.45) is 1.76. The van der Waals surface area contributed by atoms with Gasteiger partial charge in [-0.25, -0.2) is 5.43 Å². The van der Waals surface area contributed by atoms with Crippen LogP contribution < -0.4 is 5.43 Å². The largest absolute Gasteiger partial charge is 0.508 e. The molecule has 0 amide bonds. The number of phenolic OH excluding ortho intramolecular Hbond substituents is 2. The van der Waals surface area contributed by atoms with Gasteiger partial charge in [0.1, 0.15) is 17.7 Å². The Kier molecular flexibility index (Phi) is 2.72. The summed E-state index contributed by atoms with van der Waals surface area (Å²) in [5.41, 5.74) is 3.63. The van der Waals surface area contributed by atoms with Crippen molar-refractivity contribution in [2.45, 2.75) is 6.17 Å². The molecule has 15 heavy (non-hydrogen) atoms. The van der Waals surface area contributed by atoms with Crippen molar-refractivity contribution in [3.8, 4) is 11.5 Å². The second-order valence-corrected chi connectivity index (χ2v) is 4.55. The maximum absolute atomic E-state index is 9.59. The lowest BCUT2D eigenvalue weighted by Gasteiger charge is -2.03. The third-order valence-electron chi connectivity index (χ3n) is 2.13. The molecule has 1 aliphatic rings. The topological polar surface area (TPSA) is 65.4 Å². The van der Waals surface area contributed by atoms with Gasteiger partial charge in [0.25, 0.3) is 0 Å². The van der Waals surface area contributed by atoms with Crippen LogP contribution in [-0.2, 0) is 0 Å². The van der Waals surface area contributed by atoms with Crippen LogP contribution in [0, 0.1) is 0 Å². The fourth-order valence-electron chi connectivity index (χ4n) is 1.32. The Hall–Kier alpha value is -0.980. The van der Waals surface area contributed by atoms with Crippen LogP contribution in [0.5, 0.6) is 11.5 Å². The molecule has 0 bridgehead atoms. The highest BCUT2D eigenvalue weighted by atomic mass is 32.2. The molecule has 1 aromatic rings. The van der Waals surface area contributed by atoms with Gasteiger partial charge in [0, 0.05) is 5.56 Å². The average molecular weight is 242 g/mol. The van der Waals surface area contributed by atoms with Crippen LogP contribution in [0.25, 0.3) is 0 Å². The van der Waals surface area contributed by atoms with Crippen LogP contribution in [0.15, 0.2) is 18.2 Å². The first-order valence-corrected chi connectivity index (χ1v) is 5.92. The molecule has 1 fully saturated rings. The second-order valence-electron chi connectivity index (χ2n) is 3.11. The number of nitrogens with zero attached hydrogens (tertiary/aromatic N) is 1. The number of benzene rings is 1. The SMILES string of the molecule is CSC(=S)N1NC1c1cc(O)ccc1O. The molecule has 1 atom stereocenters. The zero-order valence-electron chi connectivity index (χ0n) is 7.97. The average Bonchev–Trinajstić information content (AvgIpc) is 3.00. The van der Waals surface area contributed by atoms with Gasteiger partial charge in [-0.05, 0) is 24.5 Å². The van der Waals surface area contributed by atoms with Gasteiger partial charge < -0.3 is 10.2 Å². The fraction of sp³-hybridized carbons (Fsp3) is 0.222. The summed E-state index contributed by atoms with van der Waals surface area (Å²) in [6, 6.07) is 4.43. The minimum absolute atomic E-state index is 0.128. The molecule has 1 saturated heterocycles. The summed E-state index contributed by atoms with van der Waals surface area (Å²) in [5, 5.41) is 20.6. The van der Waals surface area contributed by atoms with E-state index in [1.807, 2.05) is 6.26 Å². The maximum Gasteiger partial charge on any atom is 0.152 e. The molecule has 0 radical (unpaired) electrons. The number of phenols is 2. The van der Waals surface area contributed by atoms with E-state index in [0.717, 1.165) is 0 Å². The van der Waals surface area contributed by atoms with E-state index in [4.69, 9.17) is 12.2 Å². The van der Waals surface area contributed by atoms with Gasteiger partial charge in [-0.1, -0.05) is 24.0 Å². The van der Waals surface area contributed by atoms with Crippen molar-refractivity contribution in [2.24, 2.45) is 0 Å². The molecule has 1 unspecified atom stereocenters. The van der Waals surface area contributed by atoms with Gasteiger partial charge in [0.05, 0.1) is 0 Å². The van der Waals surface area contributed by atoms with Gasteiger partial charge in [-0.15, -0.1) is 0 Å². The van der Waals surface area contributed by atoms with Gasteiger partial charge in [0.2, 0.25) is 0 Å². The van der Waals surface area contributed by atoms with Gasteiger partial charge in [-0.2, -0.15) is 0 Å². The highest BCUT2D eigenvalue weighted by Gasteiger charge is 2.38. The van der Waals surface area contributed by atoms with Crippen molar-refractivity contribution >= 4 is 28.3 Å². The number of hydrazine groups is 1. The third-order valence-corrected chi connectivity index (χ3v) is 3.37. The molecule has 3 N–H and O–H groups in total. The van der Waals surface area contributed by atoms with Gasteiger partial charge >= 0.3 is 0 Å². The quantitative estimate of drug-likeness (QED) is 0.394. The normalized spacial score (nSPS) is 19.0. The van der Waals surface area contributed by atoms with Crippen molar-refractivity contribution in [3.05, 3.63) is 23.8 Å². The second kappa shape index (κ2) is 3.88. The number of nitrogens with one attached hydrogen (secondary N) is 1. The highest BCUT2D eigenvalue weighted by Crippen LogP contribution is 2.37. The zero-order chi connectivity index (χ0) is 11.0. The van der Waals surface area contributed by atoms with Crippen LogP contribution in [0.1, 0.15) is 11.7 Å². The lowest BCUT2D eigenvalue weighted by atomic mass is 10.1. The van der Waals surface area contributed by atoms with Crippen molar-refractivity contribution < 1.29 is 10.2 Å². The van der Waals surface area contributed by atoms with Crippen LogP contribution >= 0.6 is 24.0 Å². The zero-order valence-corrected chi connectivity index (χ0v) is 9.60. The van der Waals surface area contributed by atoms with Crippen LogP contribution in [0.3, 0.4) is 0 Å². The van der Waals surface area contributed by atoms with Gasteiger partial charge in [0.15, 0.2) is 4.32 Å². The lowest BCUT2D eigenvalue weighted by Crippen LogP contribution is -2.05. The molecule has 0 aromatic heterocycles. The van der Waals surface area contributed by atoms with Crippen LogP contribution in [0.2, 0.25) is 0 Å². The lowest BCUT2D eigenvalue weighted by molar-refractivity contribution is 0.452. The number of rotatable bonds is 1. The molecule has 80 valence electrons. The Morgan fingerprint density at radius 1 is 1.53 bits per heavy atom. The van der Waals surface area contributed by atoms with Crippen molar-refractivity contribution in [1.82, 2.24) is 10.4 Å². The summed E-state index contributed by atoms with van der Waals surface area (Å²) in [6.45, 7) is 0. The molecule has 0 spiro atoms. The van der Waals surface area contributed by atoms with Crippen molar-refractivity contribution in [3.63, 3.8) is 0 Å². The van der Waals surface area contributed by atoms with E-state index in [0.29, 0.717) is 9.88 Å². The summed E-state index contributed by atoms with van der Waals surface area (Å²) in [7, 11) is 0. The van der Waals surface area contributed by atoms with Crippen molar-refractivity contribution in [2.75, 3.05) is 6.26 Å². The van der Waals surface area contributed by atoms with E-state index in [1.165, 1.54) is 30.0 Å². The summed E-state index contributed by atoms with van der Waals surface area (Å²) < 4.78 is 0.711. The van der Waals surface area contributed by atoms with Crippen LogP contribution in [-0.4, -0.2) is 25.8 Å². The van der Waals surface area contributed by atoms with E-state index in [2.05, 4.69) is 5.43 Å². The van der Waals surface area contributed by atoms with Gasteiger partial charge in [-0.3, -0.25) is 5.01 Å². The molecular formula is C9H10N2O2S2. The molecule has 0 saturated carbocycles. The number of hydrogen-bond donors (Lipinski definition) is 3. The van der Waals surface area contributed by atoms with E-state index in [-0.39, 0.29) is 17.7 Å². The summed E-state index contributed by atoms with van der Waals surface area (Å²) in [4.78, 5) is 0. The molecular weight excluding hydrogens is 232 g/mol. The Morgan fingerprint density at radius 2 is 2.27 bits per heavy atom. The molecule has 1 aromatic carbocycles. The van der Waals surface area contributed by atoms with Crippen molar-refractivity contribution in [1.29, 1.82) is 0 Å². The first kappa shape index (κ1) is 10.5. The standard InChI is InChI=1S/C9H10N2O2S2/c1-15-9(14)11-8(10-11)6-4-5(12)2-3-7(6)13/h2-4,8,10,12-13H,1H3. The molecule has 4 nitrogen and oxygen atoms in total. The molecule has 6 heteroatoms. The number of hydrogen-bond acceptors (Lipinski definition) is 5. The predicted molar refractivity (Wildman–Crippen MR) is 63.6 cm³/mol. The minimum atomic E-state index is -0.128. The molecule has 0 aliphatic carbocycles. The maximum atomic E-state index is 9.59. The van der Waals surface area contributed by atoms with E-state index in [1.54, 1.807) is 5.01 Å². The molecule has 1 aliphatic heterocycles. The Morgan fingerprint density at radius 3 is 2.93 bits per heavy atom. The Bertz CT molecular complexity index is 411. The predicted octanol–water partition coefficient (Wildman–Crippen LogP) is 1.56. The monoisotopic (exact) mass is 242 g/mol. The summed E-state index contributed by atoms with van der Waals surface area (Å²) >= 11 is 6.53. The highest BCUT2D eigenvalue weighted by molar-refractivity contribution is 8.22. The third kappa shape index (κ3) is 2.01. The van der Waals surface area contributed by atoms with E-state index in [9.17, 15) is 10.2 Å². The number of thiocarbonyl (C=S) groups is 1. The first-order valence-electron chi connectivity index (χ1n) is 4.28.